The van der Waals surface area contributed by atoms with Crippen LogP contribution in [0.1, 0.15) is 12.0 Å². The number of halogens is 2. The molecule has 1 aliphatic rings. The largest absolute Gasteiger partial charge is 0.486 e. The van der Waals surface area contributed by atoms with E-state index >= 15 is 0 Å². The first-order valence-electron chi connectivity index (χ1n) is 10.7. The van der Waals surface area contributed by atoms with E-state index in [2.05, 4.69) is 10.3 Å². The number of ether oxygens (including phenoxy) is 1. The molecule has 4 rings (SSSR count). The summed E-state index contributed by atoms with van der Waals surface area (Å²) in [5.41, 5.74) is 0.894. The zero-order valence-electron chi connectivity index (χ0n) is 18.1. The van der Waals surface area contributed by atoms with E-state index in [1.54, 1.807) is 53.6 Å². The van der Waals surface area contributed by atoms with Crippen LogP contribution in [0.15, 0.2) is 67.3 Å². The number of imidazole rings is 1. The number of aliphatic hydroxyl groups excluding tert-OH is 1. The second-order valence-corrected chi connectivity index (χ2v) is 8.66. The number of nitrogens with zero attached hydrogens (tertiary/aromatic N) is 3. The highest BCUT2D eigenvalue weighted by Crippen LogP contribution is 2.32. The van der Waals surface area contributed by atoms with Crippen LogP contribution in [0.2, 0.25) is 5.02 Å². The van der Waals surface area contributed by atoms with E-state index in [-0.39, 0.29) is 24.3 Å². The van der Waals surface area contributed by atoms with E-state index in [4.69, 9.17) is 16.3 Å². The average molecular weight is 473 g/mol. The summed E-state index contributed by atoms with van der Waals surface area (Å²) >= 11 is 6.24. The number of hydrogen-bond acceptors (Lipinski definition) is 5. The van der Waals surface area contributed by atoms with E-state index in [1.165, 1.54) is 12.1 Å². The quantitative estimate of drug-likeness (QED) is 0.527. The van der Waals surface area contributed by atoms with Gasteiger partial charge < -0.3 is 19.7 Å². The van der Waals surface area contributed by atoms with Crippen LogP contribution in [-0.4, -0.2) is 56.8 Å². The number of nitrogens with one attached hydrogen (secondary N) is 1. The van der Waals surface area contributed by atoms with Gasteiger partial charge in [0.1, 0.15) is 30.3 Å². The van der Waals surface area contributed by atoms with Gasteiger partial charge in [-0.2, -0.15) is 0 Å². The Morgan fingerprint density at radius 1 is 1.30 bits per heavy atom. The fraction of sp³-hybridized carbons (Fsp3) is 0.333. The number of likely N-dealkylation sites (N-methyl/N-ethyl adjacent to an activating group) is 1. The van der Waals surface area contributed by atoms with E-state index in [1.807, 2.05) is 18.0 Å². The molecule has 1 saturated carbocycles. The lowest BCUT2D eigenvalue weighted by molar-refractivity contribution is -0.122. The van der Waals surface area contributed by atoms with Crippen LogP contribution in [0.4, 0.5) is 4.39 Å². The fourth-order valence-electron chi connectivity index (χ4n) is 4.30. The van der Waals surface area contributed by atoms with Gasteiger partial charge in [0.25, 0.3) is 0 Å². The van der Waals surface area contributed by atoms with Crippen molar-refractivity contribution in [3.05, 3.63) is 83.7 Å². The molecular weight excluding hydrogens is 447 g/mol. The van der Waals surface area contributed by atoms with Gasteiger partial charge in [-0.25, -0.2) is 9.37 Å². The zero-order chi connectivity index (χ0) is 23.4. The van der Waals surface area contributed by atoms with Crippen molar-refractivity contribution >= 4 is 17.5 Å². The minimum atomic E-state index is -0.884. The molecule has 1 fully saturated rings. The van der Waals surface area contributed by atoms with Gasteiger partial charge in [-0.05, 0) is 36.9 Å². The molecule has 1 heterocycles. The summed E-state index contributed by atoms with van der Waals surface area (Å²) in [6, 6.07) is 12.5. The standard InChI is InChI=1S/C24H26ClFN4O3/c1-29(13-16-6-8-17(26)9-7-16)23-19(28-22(31)14-30-11-10-27-15-30)12-21(24(23)32)33-20-5-3-2-4-18(20)25/h2-11,15,19,21,23-24,32H,12-14H2,1H3,(H,28,31)/t19-,21-,23+,24+/m1/s1. The molecule has 0 unspecified atom stereocenters. The molecule has 0 radical (unpaired) electrons. The van der Waals surface area contributed by atoms with E-state index in [0.717, 1.165) is 5.56 Å². The van der Waals surface area contributed by atoms with Crippen LogP contribution in [-0.2, 0) is 17.9 Å². The summed E-state index contributed by atoms with van der Waals surface area (Å²) in [4.78, 5) is 18.6. The molecule has 9 heteroatoms. The van der Waals surface area contributed by atoms with Crippen molar-refractivity contribution in [3.8, 4) is 5.75 Å². The fourth-order valence-corrected chi connectivity index (χ4v) is 4.48. The molecule has 2 aromatic carbocycles. The molecule has 33 heavy (non-hydrogen) atoms. The number of carbonyl (C=O) groups excluding carboxylic acids is 1. The van der Waals surface area contributed by atoms with Crippen LogP contribution in [0, 0.1) is 5.82 Å². The third-order valence-corrected chi connectivity index (χ3v) is 6.14. The molecule has 3 aromatic rings. The summed E-state index contributed by atoms with van der Waals surface area (Å²) in [6.07, 6.45) is 3.85. The number of aromatic nitrogens is 2. The highest BCUT2D eigenvalue weighted by molar-refractivity contribution is 6.32. The number of aliphatic hydroxyl groups is 1. The predicted molar refractivity (Wildman–Crippen MR) is 122 cm³/mol. The molecule has 1 amide bonds. The summed E-state index contributed by atoms with van der Waals surface area (Å²) in [5.74, 6) is -0.0162. The maximum atomic E-state index is 13.3. The first-order valence-corrected chi connectivity index (χ1v) is 11.1. The van der Waals surface area contributed by atoms with Gasteiger partial charge in [-0.15, -0.1) is 0 Å². The Hall–Kier alpha value is -2.94. The van der Waals surface area contributed by atoms with Gasteiger partial charge in [-0.1, -0.05) is 35.9 Å². The summed E-state index contributed by atoms with van der Waals surface area (Å²) in [5, 5.41) is 14.7. The Morgan fingerprint density at radius 2 is 2.06 bits per heavy atom. The van der Waals surface area contributed by atoms with Gasteiger partial charge in [-0.3, -0.25) is 9.69 Å². The van der Waals surface area contributed by atoms with Gasteiger partial charge >= 0.3 is 0 Å². The van der Waals surface area contributed by atoms with Crippen molar-refractivity contribution in [1.29, 1.82) is 0 Å². The molecule has 0 bridgehead atoms. The molecular formula is C24H26ClFN4O3. The second kappa shape index (κ2) is 10.3. The third-order valence-electron chi connectivity index (χ3n) is 5.83. The minimum absolute atomic E-state index is 0.122. The summed E-state index contributed by atoms with van der Waals surface area (Å²) < 4.78 is 21.0. The molecule has 1 aliphatic carbocycles. The number of para-hydroxylation sites is 1. The Kier molecular flexibility index (Phi) is 7.27. The van der Waals surface area contributed by atoms with Crippen LogP contribution < -0.4 is 10.1 Å². The molecule has 1 aromatic heterocycles. The number of benzene rings is 2. The van der Waals surface area contributed by atoms with Crippen molar-refractivity contribution in [2.24, 2.45) is 0 Å². The SMILES string of the molecule is CN(Cc1ccc(F)cc1)[C@@H]1[C@@H](O)[C@H](Oc2ccccc2Cl)C[C@H]1NC(=O)Cn1ccnc1. The topological polar surface area (TPSA) is 79.6 Å². The molecule has 0 spiro atoms. The highest BCUT2D eigenvalue weighted by Gasteiger charge is 2.46. The van der Waals surface area contributed by atoms with Crippen molar-refractivity contribution < 1.29 is 19.0 Å². The monoisotopic (exact) mass is 472 g/mol. The van der Waals surface area contributed by atoms with E-state index in [9.17, 15) is 14.3 Å². The Labute approximate surface area is 196 Å². The molecule has 7 nitrogen and oxygen atoms in total. The Morgan fingerprint density at radius 3 is 2.76 bits per heavy atom. The smallest absolute Gasteiger partial charge is 0.240 e. The first kappa shape index (κ1) is 23.2. The summed E-state index contributed by atoms with van der Waals surface area (Å²) in [6.45, 7) is 0.589. The normalized spacial score (nSPS) is 22.5. The summed E-state index contributed by atoms with van der Waals surface area (Å²) in [7, 11) is 1.87. The zero-order valence-corrected chi connectivity index (χ0v) is 18.9. The van der Waals surface area contributed by atoms with Gasteiger partial charge in [0.05, 0.1) is 23.4 Å². The number of rotatable bonds is 8. The third kappa shape index (κ3) is 5.71. The van der Waals surface area contributed by atoms with Crippen LogP contribution in [0.25, 0.3) is 0 Å². The minimum Gasteiger partial charge on any atom is -0.486 e. The number of hydrogen-bond donors (Lipinski definition) is 2. The Bertz CT molecular complexity index is 1060. The molecule has 2 N–H and O–H groups in total. The van der Waals surface area contributed by atoms with E-state index < -0.39 is 18.2 Å². The van der Waals surface area contributed by atoms with Gasteiger partial charge in [0.2, 0.25) is 5.91 Å². The lowest BCUT2D eigenvalue weighted by Crippen LogP contribution is -2.52. The average Bonchev–Trinajstić information content (AvgIpc) is 3.39. The lowest BCUT2D eigenvalue weighted by Gasteiger charge is -2.32. The van der Waals surface area contributed by atoms with Crippen LogP contribution in [0.5, 0.6) is 5.75 Å². The van der Waals surface area contributed by atoms with Crippen molar-refractivity contribution in [1.82, 2.24) is 19.8 Å². The second-order valence-electron chi connectivity index (χ2n) is 8.25. The van der Waals surface area contributed by atoms with Crippen molar-refractivity contribution in [2.45, 2.75) is 43.8 Å². The highest BCUT2D eigenvalue weighted by atomic mass is 35.5. The van der Waals surface area contributed by atoms with Gasteiger partial charge in [0.15, 0.2) is 0 Å². The van der Waals surface area contributed by atoms with Gasteiger partial charge in [0, 0.05) is 25.4 Å². The van der Waals surface area contributed by atoms with Crippen LogP contribution >= 0.6 is 11.6 Å². The predicted octanol–water partition coefficient (Wildman–Crippen LogP) is 2.87. The maximum Gasteiger partial charge on any atom is 0.240 e. The van der Waals surface area contributed by atoms with E-state index in [0.29, 0.717) is 23.7 Å². The number of amides is 1. The first-order chi connectivity index (χ1) is 15.9. The Balaban J connectivity index is 1.51. The molecule has 4 atom stereocenters. The van der Waals surface area contributed by atoms with Crippen LogP contribution in [0.3, 0.4) is 0 Å². The molecule has 0 saturated heterocycles. The molecule has 174 valence electrons. The number of carbonyl (C=O) groups is 1. The van der Waals surface area contributed by atoms with Crippen molar-refractivity contribution in [3.63, 3.8) is 0 Å². The molecule has 0 aliphatic heterocycles. The van der Waals surface area contributed by atoms with Crippen molar-refractivity contribution in [2.75, 3.05) is 7.05 Å². The lowest BCUT2D eigenvalue weighted by atomic mass is 10.1. The maximum absolute atomic E-state index is 13.3.